The minimum atomic E-state index is 0. The Labute approximate surface area is 204 Å². The highest BCUT2D eigenvalue weighted by Gasteiger charge is 2.13. The molecule has 2 rings (SSSR count). The smallest absolute Gasteiger partial charge is 0.191 e. The fourth-order valence-electron chi connectivity index (χ4n) is 3.22. The maximum absolute atomic E-state index is 5.76. The number of rotatable bonds is 10. The maximum atomic E-state index is 5.76. The van der Waals surface area contributed by atoms with Crippen LogP contribution < -0.4 is 20.1 Å². The fraction of sp³-hybridized carbons (Fsp3) is 0.458. The van der Waals surface area contributed by atoms with Gasteiger partial charge in [0.15, 0.2) is 17.5 Å². The minimum absolute atomic E-state index is 0. The number of nitrogens with zero attached hydrogens (tertiary/aromatic N) is 2. The Morgan fingerprint density at radius 1 is 1.00 bits per heavy atom. The van der Waals surface area contributed by atoms with Crippen LogP contribution in [0.1, 0.15) is 43.5 Å². The molecule has 0 aromatic heterocycles. The molecule has 0 aliphatic rings. The summed E-state index contributed by atoms with van der Waals surface area (Å²) in [5.41, 5.74) is 3.69. The topological polar surface area (TPSA) is 58.1 Å². The van der Waals surface area contributed by atoms with Gasteiger partial charge in [-0.3, -0.25) is 4.99 Å². The molecule has 6 nitrogen and oxygen atoms in total. The first-order valence-corrected chi connectivity index (χ1v) is 10.6. The van der Waals surface area contributed by atoms with Gasteiger partial charge in [0, 0.05) is 20.1 Å². The largest absolute Gasteiger partial charge is 0.490 e. The number of ether oxygens (including phenoxy) is 2. The lowest BCUT2D eigenvalue weighted by Gasteiger charge is -2.21. The number of nitrogens with one attached hydrogen (secondary N) is 2. The summed E-state index contributed by atoms with van der Waals surface area (Å²) in [7, 11) is 5.96. The number of halogens is 1. The van der Waals surface area contributed by atoms with Gasteiger partial charge < -0.3 is 25.0 Å². The normalized spacial score (nSPS) is 12.2. The third-order valence-electron chi connectivity index (χ3n) is 4.70. The Morgan fingerprint density at radius 2 is 1.65 bits per heavy atom. The van der Waals surface area contributed by atoms with Gasteiger partial charge >= 0.3 is 0 Å². The van der Waals surface area contributed by atoms with Gasteiger partial charge in [0.05, 0.1) is 19.3 Å². The van der Waals surface area contributed by atoms with Gasteiger partial charge in [0.1, 0.15) is 0 Å². The number of benzene rings is 2. The lowest BCUT2D eigenvalue weighted by atomic mass is 10.1. The number of hydrogen-bond acceptors (Lipinski definition) is 4. The van der Waals surface area contributed by atoms with E-state index in [0.717, 1.165) is 29.6 Å². The van der Waals surface area contributed by atoms with Crippen LogP contribution in [0.4, 0.5) is 0 Å². The van der Waals surface area contributed by atoms with Crippen LogP contribution in [0, 0.1) is 0 Å². The van der Waals surface area contributed by atoms with Gasteiger partial charge in [-0.1, -0.05) is 30.3 Å². The van der Waals surface area contributed by atoms with Gasteiger partial charge in [0.25, 0.3) is 0 Å². The average molecular weight is 540 g/mol. The molecule has 0 saturated carbocycles. The van der Waals surface area contributed by atoms with Gasteiger partial charge in [-0.2, -0.15) is 0 Å². The van der Waals surface area contributed by atoms with Crippen LogP contribution in [0.5, 0.6) is 11.5 Å². The Bertz CT molecular complexity index is 827. The van der Waals surface area contributed by atoms with E-state index in [0.29, 0.717) is 19.8 Å². The molecule has 0 spiro atoms. The fourth-order valence-corrected chi connectivity index (χ4v) is 3.22. The van der Waals surface area contributed by atoms with Gasteiger partial charge in [-0.25, -0.2) is 0 Å². The first-order valence-electron chi connectivity index (χ1n) is 10.6. The van der Waals surface area contributed by atoms with Gasteiger partial charge in [0.2, 0.25) is 0 Å². The molecule has 1 unspecified atom stereocenters. The molecule has 2 aromatic carbocycles. The van der Waals surface area contributed by atoms with E-state index in [1.807, 2.05) is 26.0 Å². The number of guanidine groups is 1. The van der Waals surface area contributed by atoms with E-state index in [1.54, 1.807) is 7.05 Å². The quantitative estimate of drug-likeness (QED) is 0.262. The molecule has 1 atom stereocenters. The highest BCUT2D eigenvalue weighted by molar-refractivity contribution is 14.0. The summed E-state index contributed by atoms with van der Waals surface area (Å²) in [5, 5.41) is 6.90. The second-order valence-electron chi connectivity index (χ2n) is 7.37. The predicted molar refractivity (Wildman–Crippen MR) is 140 cm³/mol. The van der Waals surface area contributed by atoms with E-state index in [-0.39, 0.29) is 30.0 Å². The molecule has 2 aromatic rings. The number of aliphatic imine (C=N–C) groups is 1. The van der Waals surface area contributed by atoms with Crippen molar-refractivity contribution in [3.05, 3.63) is 59.2 Å². The van der Waals surface area contributed by atoms with Crippen LogP contribution in [0.15, 0.2) is 47.5 Å². The zero-order chi connectivity index (χ0) is 21.9. The monoisotopic (exact) mass is 540 g/mol. The van der Waals surface area contributed by atoms with Gasteiger partial charge in [-0.05, 0) is 63.7 Å². The molecule has 31 heavy (non-hydrogen) atoms. The van der Waals surface area contributed by atoms with Crippen LogP contribution >= 0.6 is 24.0 Å². The second-order valence-corrected chi connectivity index (χ2v) is 7.37. The molecule has 7 heteroatoms. The highest BCUT2D eigenvalue weighted by Crippen LogP contribution is 2.30. The molecule has 2 N–H and O–H groups in total. The highest BCUT2D eigenvalue weighted by atomic mass is 127. The number of hydrogen-bond donors (Lipinski definition) is 2. The molecule has 0 fully saturated rings. The van der Waals surface area contributed by atoms with E-state index in [9.17, 15) is 0 Å². The summed E-state index contributed by atoms with van der Waals surface area (Å²) < 4.78 is 11.4. The predicted octanol–water partition coefficient (Wildman–Crippen LogP) is 4.59. The molecule has 0 radical (unpaired) electrons. The minimum Gasteiger partial charge on any atom is -0.490 e. The summed E-state index contributed by atoms with van der Waals surface area (Å²) in [6, 6.07) is 14.6. The molecule has 172 valence electrons. The summed E-state index contributed by atoms with van der Waals surface area (Å²) in [5.74, 6) is 2.30. The van der Waals surface area contributed by atoms with Crippen LogP contribution in [0.3, 0.4) is 0 Å². The Hall–Kier alpha value is -2.00. The Balaban J connectivity index is 0.00000480. The van der Waals surface area contributed by atoms with Crippen LogP contribution in [0.25, 0.3) is 0 Å². The van der Waals surface area contributed by atoms with Crippen molar-refractivity contribution >= 4 is 29.9 Å². The zero-order valence-electron chi connectivity index (χ0n) is 19.6. The van der Waals surface area contributed by atoms with E-state index in [1.165, 1.54) is 11.1 Å². The molecule has 0 amide bonds. The van der Waals surface area contributed by atoms with Crippen molar-refractivity contribution in [1.82, 2.24) is 15.5 Å². The van der Waals surface area contributed by atoms with Gasteiger partial charge in [-0.15, -0.1) is 24.0 Å². The van der Waals surface area contributed by atoms with E-state index >= 15 is 0 Å². The van der Waals surface area contributed by atoms with Crippen molar-refractivity contribution in [2.75, 3.05) is 34.4 Å². The molecule has 0 saturated heterocycles. The van der Waals surface area contributed by atoms with Crippen molar-refractivity contribution in [2.45, 2.75) is 39.9 Å². The summed E-state index contributed by atoms with van der Waals surface area (Å²) in [6.45, 7) is 8.89. The maximum Gasteiger partial charge on any atom is 0.191 e. The molecule has 0 aliphatic carbocycles. The van der Waals surface area contributed by atoms with Crippen molar-refractivity contribution in [2.24, 2.45) is 4.99 Å². The third kappa shape index (κ3) is 8.57. The average Bonchev–Trinajstić information content (AvgIpc) is 2.73. The van der Waals surface area contributed by atoms with E-state index < -0.39 is 0 Å². The van der Waals surface area contributed by atoms with Crippen molar-refractivity contribution < 1.29 is 9.47 Å². The lowest BCUT2D eigenvalue weighted by Crippen LogP contribution is -2.38. The van der Waals surface area contributed by atoms with Crippen LogP contribution in [-0.2, 0) is 13.1 Å². The Kier molecular flexibility index (Phi) is 12.3. The van der Waals surface area contributed by atoms with Crippen LogP contribution in [-0.4, -0.2) is 45.2 Å². The van der Waals surface area contributed by atoms with Crippen molar-refractivity contribution in [3.63, 3.8) is 0 Å². The molecule has 0 bridgehead atoms. The first-order chi connectivity index (χ1) is 14.5. The molecule has 0 heterocycles. The summed E-state index contributed by atoms with van der Waals surface area (Å²) in [4.78, 5) is 6.57. The Morgan fingerprint density at radius 3 is 2.26 bits per heavy atom. The van der Waals surface area contributed by atoms with Crippen molar-refractivity contribution in [1.29, 1.82) is 0 Å². The van der Waals surface area contributed by atoms with Crippen LogP contribution in [0.2, 0.25) is 0 Å². The standard InChI is InChI=1S/C24H36N4O2.HI/c1-7-29-22-14-13-19(15-23(22)30-8-2)18(3)27-24(25-4)26-16-20-11-9-10-12-21(20)17-28(5)6;/h9-15,18H,7-8,16-17H2,1-6H3,(H2,25,26,27);1H. The lowest BCUT2D eigenvalue weighted by molar-refractivity contribution is 0.287. The summed E-state index contributed by atoms with van der Waals surface area (Å²) in [6.07, 6.45) is 0. The van der Waals surface area contributed by atoms with Crippen molar-refractivity contribution in [3.8, 4) is 11.5 Å². The third-order valence-corrected chi connectivity index (χ3v) is 4.70. The second kappa shape index (κ2) is 14.1. The van der Waals surface area contributed by atoms with E-state index in [2.05, 4.69) is 71.9 Å². The first kappa shape index (κ1) is 27.0. The zero-order valence-corrected chi connectivity index (χ0v) is 21.9. The van der Waals surface area contributed by atoms with E-state index in [4.69, 9.17) is 9.47 Å². The SMILES string of the molecule is CCOc1ccc(C(C)NC(=NC)NCc2ccccc2CN(C)C)cc1OCC.I. The summed E-state index contributed by atoms with van der Waals surface area (Å²) >= 11 is 0. The molecule has 0 aliphatic heterocycles. The molecular weight excluding hydrogens is 503 g/mol. The molecular formula is C24H37IN4O2.